The molecular weight excluding hydrogens is 328 g/mol. The van der Waals surface area contributed by atoms with Crippen LogP contribution >= 0.6 is 0 Å². The number of aliphatic hydroxyl groups excluding tert-OH is 1. The van der Waals surface area contributed by atoms with Gasteiger partial charge in [0.2, 0.25) is 10.0 Å². The predicted molar refractivity (Wildman–Crippen MR) is 78.2 cm³/mol. The number of benzene rings is 1. The first-order valence-corrected chi connectivity index (χ1v) is 9.07. The Morgan fingerprint density at radius 1 is 1.17 bits per heavy atom. The molecule has 2 aliphatic rings. The van der Waals surface area contributed by atoms with Crippen LogP contribution in [0.4, 0.5) is 8.78 Å². The second-order valence-corrected chi connectivity index (χ2v) is 7.92. The van der Waals surface area contributed by atoms with E-state index in [-0.39, 0.29) is 19.1 Å². The van der Waals surface area contributed by atoms with Crippen molar-refractivity contribution in [1.29, 1.82) is 0 Å². The van der Waals surface area contributed by atoms with Gasteiger partial charge in [0.15, 0.2) is 0 Å². The van der Waals surface area contributed by atoms with E-state index in [1.165, 1.54) is 4.31 Å². The van der Waals surface area contributed by atoms with Gasteiger partial charge < -0.3 is 9.84 Å². The van der Waals surface area contributed by atoms with Crippen LogP contribution in [0.5, 0.6) is 0 Å². The summed E-state index contributed by atoms with van der Waals surface area (Å²) >= 11 is 0. The number of rotatable bonds is 3. The van der Waals surface area contributed by atoms with Gasteiger partial charge in [-0.25, -0.2) is 17.2 Å². The molecule has 128 valence electrons. The molecule has 1 aromatic carbocycles. The number of sulfonamides is 1. The molecule has 3 rings (SSSR count). The summed E-state index contributed by atoms with van der Waals surface area (Å²) in [6.45, 7) is 1.01. The van der Waals surface area contributed by atoms with Crippen LogP contribution < -0.4 is 0 Å². The van der Waals surface area contributed by atoms with E-state index in [1.807, 2.05) is 0 Å². The number of hydrogen-bond donors (Lipinski definition) is 1. The van der Waals surface area contributed by atoms with Crippen LogP contribution in [0.15, 0.2) is 23.1 Å². The number of hydrogen-bond acceptors (Lipinski definition) is 4. The highest BCUT2D eigenvalue weighted by Gasteiger charge is 2.43. The van der Waals surface area contributed by atoms with Gasteiger partial charge in [0.25, 0.3) is 0 Å². The minimum Gasteiger partial charge on any atom is -0.393 e. The van der Waals surface area contributed by atoms with Gasteiger partial charge in [0.1, 0.15) is 11.6 Å². The normalized spacial score (nSPS) is 29.8. The summed E-state index contributed by atoms with van der Waals surface area (Å²) in [7, 11) is -4.02. The average Bonchev–Trinajstić information content (AvgIpc) is 2.96. The first-order valence-electron chi connectivity index (χ1n) is 7.63. The Hall–Kier alpha value is -1.09. The maximum Gasteiger partial charge on any atom is 0.243 e. The summed E-state index contributed by atoms with van der Waals surface area (Å²) in [4.78, 5) is -0.395. The lowest BCUT2D eigenvalue weighted by Crippen LogP contribution is -2.48. The van der Waals surface area contributed by atoms with Crippen molar-refractivity contribution >= 4 is 10.0 Å². The molecule has 0 aliphatic carbocycles. The molecule has 0 saturated carbocycles. The third-order valence-corrected chi connectivity index (χ3v) is 6.45. The summed E-state index contributed by atoms with van der Waals surface area (Å²) < 4.78 is 58.9. The van der Waals surface area contributed by atoms with Crippen molar-refractivity contribution in [2.24, 2.45) is 5.92 Å². The maximum atomic E-state index is 13.4. The molecule has 1 aromatic rings. The van der Waals surface area contributed by atoms with Crippen molar-refractivity contribution in [2.75, 3.05) is 19.8 Å². The molecule has 8 heteroatoms. The molecule has 2 fully saturated rings. The van der Waals surface area contributed by atoms with Gasteiger partial charge in [-0.2, -0.15) is 4.31 Å². The molecule has 3 atom stereocenters. The molecule has 0 radical (unpaired) electrons. The third kappa shape index (κ3) is 3.26. The molecule has 2 heterocycles. The van der Waals surface area contributed by atoms with Crippen molar-refractivity contribution in [2.45, 2.75) is 36.3 Å². The van der Waals surface area contributed by atoms with E-state index < -0.39 is 38.7 Å². The molecule has 0 amide bonds. The second kappa shape index (κ2) is 6.43. The second-order valence-electron chi connectivity index (χ2n) is 6.03. The minimum absolute atomic E-state index is 0.272. The van der Waals surface area contributed by atoms with Crippen molar-refractivity contribution in [3.8, 4) is 0 Å². The Kier molecular flexibility index (Phi) is 4.68. The summed E-state index contributed by atoms with van der Waals surface area (Å²) in [6.07, 6.45) is 1.07. The van der Waals surface area contributed by atoms with Crippen LogP contribution in [0.1, 0.15) is 19.3 Å². The highest BCUT2D eigenvalue weighted by Crippen LogP contribution is 2.34. The zero-order valence-corrected chi connectivity index (χ0v) is 13.3. The van der Waals surface area contributed by atoms with E-state index in [1.54, 1.807) is 0 Å². The Balaban J connectivity index is 1.91. The number of halogens is 2. The molecule has 2 aliphatic heterocycles. The third-order valence-electron chi connectivity index (χ3n) is 4.55. The Morgan fingerprint density at radius 3 is 2.52 bits per heavy atom. The fourth-order valence-electron chi connectivity index (χ4n) is 3.42. The smallest absolute Gasteiger partial charge is 0.243 e. The van der Waals surface area contributed by atoms with Crippen molar-refractivity contribution < 1.29 is 27.0 Å². The highest BCUT2D eigenvalue weighted by molar-refractivity contribution is 7.89. The first kappa shape index (κ1) is 16.8. The Bertz CT molecular complexity index is 662. The number of aliphatic hydroxyl groups is 1. The largest absolute Gasteiger partial charge is 0.393 e. The van der Waals surface area contributed by atoms with Gasteiger partial charge in [-0.15, -0.1) is 0 Å². The summed E-state index contributed by atoms with van der Waals surface area (Å²) in [5.41, 5.74) is 0. The zero-order chi connectivity index (χ0) is 16.6. The first-order chi connectivity index (χ1) is 10.9. The van der Waals surface area contributed by atoms with Gasteiger partial charge in [-0.1, -0.05) is 0 Å². The van der Waals surface area contributed by atoms with Gasteiger partial charge in [-0.05, 0) is 31.4 Å². The molecule has 5 nitrogen and oxygen atoms in total. The molecule has 3 unspecified atom stereocenters. The number of nitrogens with zero attached hydrogens (tertiary/aromatic N) is 1. The lowest BCUT2D eigenvalue weighted by atomic mass is 9.90. The van der Waals surface area contributed by atoms with Crippen LogP contribution in [-0.4, -0.2) is 49.7 Å². The Labute approximate surface area is 133 Å². The van der Waals surface area contributed by atoms with Crippen LogP contribution in [0.2, 0.25) is 0 Å². The minimum atomic E-state index is -4.02. The van der Waals surface area contributed by atoms with Gasteiger partial charge in [0.05, 0.1) is 17.6 Å². The van der Waals surface area contributed by atoms with Gasteiger partial charge in [0, 0.05) is 31.2 Å². The molecule has 0 bridgehead atoms. The quantitative estimate of drug-likeness (QED) is 0.900. The standard InChI is InChI=1S/C15H19F2NO4S/c16-10-6-11(17)8-12(7-10)23(20,21)18-4-1-2-14(18)13-9-22-5-3-15(13)19/h6-8,13-15,19H,1-5,9H2. The molecule has 0 aromatic heterocycles. The van der Waals surface area contributed by atoms with Crippen molar-refractivity contribution in [3.63, 3.8) is 0 Å². The maximum absolute atomic E-state index is 13.4. The zero-order valence-electron chi connectivity index (χ0n) is 12.5. The lowest BCUT2D eigenvalue weighted by Gasteiger charge is -2.36. The lowest BCUT2D eigenvalue weighted by molar-refractivity contribution is -0.0543. The molecule has 1 N–H and O–H groups in total. The molecule has 2 saturated heterocycles. The van der Waals surface area contributed by atoms with Crippen LogP contribution in [-0.2, 0) is 14.8 Å². The predicted octanol–water partition coefficient (Wildman–Crippen LogP) is 1.52. The monoisotopic (exact) mass is 347 g/mol. The van der Waals surface area contributed by atoms with Crippen LogP contribution in [0.25, 0.3) is 0 Å². The average molecular weight is 347 g/mol. The summed E-state index contributed by atoms with van der Waals surface area (Å²) in [5, 5.41) is 10.2. The van der Waals surface area contributed by atoms with Crippen molar-refractivity contribution in [1.82, 2.24) is 4.31 Å². The molecule has 23 heavy (non-hydrogen) atoms. The van der Waals surface area contributed by atoms with E-state index in [0.29, 0.717) is 31.9 Å². The molecule has 0 spiro atoms. The number of ether oxygens (including phenoxy) is 1. The van der Waals surface area contributed by atoms with Crippen LogP contribution in [0, 0.1) is 17.6 Å². The van der Waals surface area contributed by atoms with Crippen molar-refractivity contribution in [3.05, 3.63) is 29.8 Å². The fraction of sp³-hybridized carbons (Fsp3) is 0.600. The van der Waals surface area contributed by atoms with Gasteiger partial charge >= 0.3 is 0 Å². The van der Waals surface area contributed by atoms with Gasteiger partial charge in [-0.3, -0.25) is 0 Å². The van der Waals surface area contributed by atoms with E-state index in [2.05, 4.69) is 0 Å². The van der Waals surface area contributed by atoms with E-state index in [0.717, 1.165) is 12.1 Å². The fourth-order valence-corrected chi connectivity index (χ4v) is 5.20. The summed E-state index contributed by atoms with van der Waals surface area (Å²) in [6, 6.07) is 1.86. The van der Waals surface area contributed by atoms with E-state index in [4.69, 9.17) is 4.74 Å². The summed E-state index contributed by atoms with van der Waals surface area (Å²) in [5.74, 6) is -2.18. The van der Waals surface area contributed by atoms with Crippen LogP contribution in [0.3, 0.4) is 0 Å². The molecular formula is C15H19F2NO4S. The van der Waals surface area contributed by atoms with E-state index >= 15 is 0 Å². The SMILES string of the molecule is O=S(=O)(c1cc(F)cc(F)c1)N1CCCC1C1COCCC1O. The highest BCUT2D eigenvalue weighted by atomic mass is 32.2. The topological polar surface area (TPSA) is 66.8 Å². The van der Waals surface area contributed by atoms with E-state index in [9.17, 15) is 22.3 Å². The Morgan fingerprint density at radius 2 is 1.87 bits per heavy atom.